The smallest absolute Gasteiger partial charge is 0.310 e. The number of pyridine rings is 1. The van der Waals surface area contributed by atoms with E-state index in [2.05, 4.69) is 15.6 Å². The summed E-state index contributed by atoms with van der Waals surface area (Å²) >= 11 is 0. The van der Waals surface area contributed by atoms with Gasteiger partial charge in [0.2, 0.25) is 11.8 Å². The van der Waals surface area contributed by atoms with Gasteiger partial charge in [0.15, 0.2) is 5.78 Å². The number of aromatic nitrogens is 1. The number of hydrogen-bond donors (Lipinski definition) is 3. The van der Waals surface area contributed by atoms with Crippen molar-refractivity contribution >= 4 is 40.3 Å². The summed E-state index contributed by atoms with van der Waals surface area (Å²) in [4.78, 5) is 70.3. The Morgan fingerprint density at radius 3 is 2.31 bits per heavy atom. The number of carboxylic acid groups (broad SMARTS) is 1. The molecular formula is C35H45N3O7. The van der Waals surface area contributed by atoms with Crippen molar-refractivity contribution in [3.05, 3.63) is 36.5 Å². The predicted octanol–water partition coefficient (Wildman–Crippen LogP) is 4.63. The predicted molar refractivity (Wildman–Crippen MR) is 167 cm³/mol. The van der Waals surface area contributed by atoms with Crippen LogP contribution >= 0.6 is 0 Å². The number of fused-ring (bicyclic) bond motifs is 1. The largest absolute Gasteiger partial charge is 0.488 e. The third-order valence-corrected chi connectivity index (χ3v) is 10.0. The van der Waals surface area contributed by atoms with Crippen LogP contribution in [-0.4, -0.2) is 57.6 Å². The van der Waals surface area contributed by atoms with Crippen LogP contribution in [0.3, 0.4) is 0 Å². The van der Waals surface area contributed by atoms with E-state index in [1.807, 2.05) is 44.2 Å². The van der Waals surface area contributed by atoms with Crippen molar-refractivity contribution in [2.75, 3.05) is 0 Å². The lowest BCUT2D eigenvalue weighted by Crippen LogP contribution is -2.56. The Labute approximate surface area is 264 Å². The van der Waals surface area contributed by atoms with Crippen LogP contribution in [-0.2, 0) is 24.0 Å². The molecule has 242 valence electrons. The van der Waals surface area contributed by atoms with Gasteiger partial charge in [-0.25, -0.2) is 0 Å². The van der Waals surface area contributed by atoms with Crippen LogP contribution < -0.4 is 15.4 Å². The van der Waals surface area contributed by atoms with Gasteiger partial charge in [0, 0.05) is 36.8 Å². The van der Waals surface area contributed by atoms with E-state index < -0.39 is 41.4 Å². The van der Waals surface area contributed by atoms with Gasteiger partial charge in [-0.15, -0.1) is 0 Å². The van der Waals surface area contributed by atoms with E-state index in [4.69, 9.17) is 4.74 Å². The standard InChI is InChI=1S/C35H45N3O7/c1-20(2)29(38-33(42)31(37-21(3)39)23-9-5-4-6-10-23)32(41)26-18-24(17-25(26)27(40)19-35(14-15-35)34(43)44)45-28-13-7-11-22-12-8-16-36-30(22)28/h7-8,11-13,16,20,23-26,29,31H,4-6,9-10,14-15,17-19H2,1-3H3,(H,37,39)(H,38,42)(H,43,44)/t24-,25-,26?,29+,31+/m1/s1. The van der Waals surface area contributed by atoms with Crippen molar-refractivity contribution in [3.63, 3.8) is 0 Å². The van der Waals surface area contributed by atoms with Gasteiger partial charge in [0.1, 0.15) is 29.2 Å². The lowest BCUT2D eigenvalue weighted by molar-refractivity contribution is -0.146. The number of nitrogens with one attached hydrogen (secondary N) is 2. The molecule has 0 aliphatic heterocycles. The molecule has 0 bridgehead atoms. The minimum Gasteiger partial charge on any atom is -0.488 e. The van der Waals surface area contributed by atoms with E-state index in [1.165, 1.54) is 6.92 Å². The number of hydrogen-bond acceptors (Lipinski definition) is 7. The number of Topliss-reactive ketones (excluding diaryl/α,β-unsaturated/α-hetero) is 2. The third kappa shape index (κ3) is 7.36. The van der Waals surface area contributed by atoms with Crippen molar-refractivity contribution in [1.29, 1.82) is 0 Å². The van der Waals surface area contributed by atoms with Gasteiger partial charge >= 0.3 is 5.97 Å². The molecule has 3 aliphatic carbocycles. The molecule has 5 rings (SSSR count). The first-order valence-electron chi connectivity index (χ1n) is 16.4. The zero-order chi connectivity index (χ0) is 32.3. The molecule has 10 heteroatoms. The highest BCUT2D eigenvalue weighted by Gasteiger charge is 2.54. The van der Waals surface area contributed by atoms with Gasteiger partial charge in [-0.05, 0) is 62.5 Å². The Morgan fingerprint density at radius 2 is 1.67 bits per heavy atom. The summed E-state index contributed by atoms with van der Waals surface area (Å²) in [5.41, 5.74) is -0.375. The van der Waals surface area contributed by atoms with Gasteiger partial charge in [0.05, 0.1) is 11.5 Å². The number of carboxylic acids is 1. The normalized spacial score (nSPS) is 24.0. The number of benzene rings is 1. The average molecular weight is 620 g/mol. The number of aliphatic carboxylic acids is 1. The minimum absolute atomic E-state index is 0.00999. The van der Waals surface area contributed by atoms with E-state index in [-0.39, 0.29) is 54.5 Å². The molecule has 5 atom stereocenters. The SMILES string of the molecule is CC(=O)N[C@H](C(=O)N[C@H](C(=O)C1C[C@H](Oc2cccc3cccnc23)C[C@H]1C(=O)CC1(C(=O)O)CC1)C(C)C)C1CCCCC1. The molecule has 0 spiro atoms. The Hall–Kier alpha value is -3.82. The van der Waals surface area contributed by atoms with Crippen molar-refractivity contribution in [2.24, 2.45) is 29.1 Å². The first kappa shape index (κ1) is 32.6. The number of nitrogens with zero attached hydrogens (tertiary/aromatic N) is 1. The van der Waals surface area contributed by atoms with E-state index in [1.54, 1.807) is 6.20 Å². The molecule has 10 nitrogen and oxygen atoms in total. The van der Waals surface area contributed by atoms with Crippen molar-refractivity contribution in [1.82, 2.24) is 15.6 Å². The van der Waals surface area contributed by atoms with Crippen molar-refractivity contribution in [3.8, 4) is 5.75 Å². The molecule has 3 N–H and O–H groups in total. The molecule has 3 fully saturated rings. The van der Waals surface area contributed by atoms with Crippen molar-refractivity contribution in [2.45, 2.75) is 103 Å². The number of ether oxygens (including phenoxy) is 1. The molecule has 2 amide bonds. The second kappa shape index (κ2) is 13.7. The lowest BCUT2D eigenvalue weighted by atomic mass is 9.79. The fraction of sp³-hybridized carbons (Fsp3) is 0.600. The first-order valence-corrected chi connectivity index (χ1v) is 16.4. The van der Waals surface area contributed by atoms with Crippen LogP contribution in [0.2, 0.25) is 0 Å². The maximum atomic E-state index is 14.3. The number of para-hydroxylation sites is 1. The second-order valence-electron chi connectivity index (χ2n) is 13.7. The van der Waals surface area contributed by atoms with Crippen LogP contribution in [0.15, 0.2) is 36.5 Å². The Balaban J connectivity index is 1.38. The van der Waals surface area contributed by atoms with Crippen LogP contribution in [0.4, 0.5) is 0 Å². The van der Waals surface area contributed by atoms with Gasteiger partial charge < -0.3 is 20.5 Å². The highest BCUT2D eigenvalue weighted by atomic mass is 16.5. The fourth-order valence-electron chi connectivity index (χ4n) is 7.31. The topological polar surface area (TPSA) is 152 Å². The fourth-order valence-corrected chi connectivity index (χ4v) is 7.31. The Kier molecular flexibility index (Phi) is 9.89. The molecule has 0 radical (unpaired) electrons. The van der Waals surface area contributed by atoms with Gasteiger partial charge in [0.25, 0.3) is 0 Å². The number of rotatable bonds is 13. The van der Waals surface area contributed by atoms with E-state index >= 15 is 0 Å². The molecule has 1 unspecified atom stereocenters. The summed E-state index contributed by atoms with van der Waals surface area (Å²) in [6, 6.07) is 7.76. The summed E-state index contributed by atoms with van der Waals surface area (Å²) in [6.07, 6.45) is 7.21. The average Bonchev–Trinajstić information content (AvgIpc) is 3.68. The molecule has 2 aromatic rings. The third-order valence-electron chi connectivity index (χ3n) is 10.0. The molecule has 3 aliphatic rings. The zero-order valence-electron chi connectivity index (χ0n) is 26.4. The highest BCUT2D eigenvalue weighted by molar-refractivity contribution is 5.98. The molecule has 45 heavy (non-hydrogen) atoms. The maximum absolute atomic E-state index is 14.3. The van der Waals surface area contributed by atoms with Crippen LogP contribution in [0.5, 0.6) is 5.75 Å². The molecular weight excluding hydrogens is 574 g/mol. The Morgan fingerprint density at radius 1 is 0.978 bits per heavy atom. The quantitative estimate of drug-likeness (QED) is 0.294. The number of amides is 2. The monoisotopic (exact) mass is 619 g/mol. The summed E-state index contributed by atoms with van der Waals surface area (Å²) in [5.74, 6) is -3.39. The first-order chi connectivity index (χ1) is 21.5. The van der Waals surface area contributed by atoms with Gasteiger partial charge in [-0.1, -0.05) is 51.3 Å². The summed E-state index contributed by atoms with van der Waals surface area (Å²) in [7, 11) is 0. The molecule has 3 saturated carbocycles. The van der Waals surface area contributed by atoms with Crippen molar-refractivity contribution < 1.29 is 33.8 Å². The molecule has 1 aromatic carbocycles. The van der Waals surface area contributed by atoms with E-state index in [0.717, 1.165) is 37.5 Å². The van der Waals surface area contributed by atoms with Crippen LogP contribution in [0, 0.1) is 29.1 Å². The molecule has 1 aromatic heterocycles. The lowest BCUT2D eigenvalue weighted by Gasteiger charge is -2.32. The number of carbonyl (C=O) groups excluding carboxylic acids is 4. The van der Waals surface area contributed by atoms with E-state index in [9.17, 15) is 29.1 Å². The second-order valence-corrected chi connectivity index (χ2v) is 13.7. The Bertz CT molecular complexity index is 1440. The highest BCUT2D eigenvalue weighted by Crippen LogP contribution is 2.51. The van der Waals surface area contributed by atoms with E-state index in [0.29, 0.717) is 24.1 Å². The number of ketones is 2. The van der Waals surface area contributed by atoms with Gasteiger partial charge in [-0.3, -0.25) is 29.0 Å². The van der Waals surface area contributed by atoms with Crippen LogP contribution in [0.25, 0.3) is 10.9 Å². The van der Waals surface area contributed by atoms with Gasteiger partial charge in [-0.2, -0.15) is 0 Å². The summed E-state index contributed by atoms with van der Waals surface area (Å²) in [5, 5.41) is 16.5. The number of carbonyl (C=O) groups is 5. The zero-order valence-corrected chi connectivity index (χ0v) is 26.4. The molecule has 0 saturated heterocycles. The minimum atomic E-state index is -1.06. The maximum Gasteiger partial charge on any atom is 0.310 e. The van der Waals surface area contributed by atoms with Crippen LogP contribution in [0.1, 0.15) is 85.0 Å². The summed E-state index contributed by atoms with van der Waals surface area (Å²) in [6.45, 7) is 5.09. The summed E-state index contributed by atoms with van der Waals surface area (Å²) < 4.78 is 6.41. The molecule has 1 heterocycles.